The molecule has 0 aliphatic heterocycles. The van der Waals surface area contributed by atoms with Crippen LogP contribution in [0.1, 0.15) is 0 Å². The summed E-state index contributed by atoms with van der Waals surface area (Å²) in [7, 11) is 1.70. The number of benzene rings is 1. The number of hydrogen-bond acceptors (Lipinski definition) is 6. The third kappa shape index (κ3) is 1.95. The summed E-state index contributed by atoms with van der Waals surface area (Å²) in [4.78, 5) is 4.08. The summed E-state index contributed by atoms with van der Waals surface area (Å²) in [6, 6.07) is 7.62. The summed E-state index contributed by atoms with van der Waals surface area (Å²) < 4.78 is 1.47. The highest BCUT2D eigenvalue weighted by Gasteiger charge is 2.10. The van der Waals surface area contributed by atoms with Crippen molar-refractivity contribution in [3.8, 4) is 0 Å². The summed E-state index contributed by atoms with van der Waals surface area (Å²) >= 11 is 0. The Kier molecular flexibility index (Phi) is 2.79. The van der Waals surface area contributed by atoms with Crippen molar-refractivity contribution in [2.45, 2.75) is 0 Å². The van der Waals surface area contributed by atoms with Gasteiger partial charge in [0.1, 0.15) is 0 Å². The predicted octanol–water partition coefficient (Wildman–Crippen LogP) is 2.55. The summed E-state index contributed by atoms with van der Waals surface area (Å²) in [5.41, 5.74) is 12.7. The minimum Gasteiger partial charge on any atom is -0.382 e. The molecule has 0 aliphatic carbocycles. The molecule has 0 saturated heterocycles. The van der Waals surface area contributed by atoms with Crippen LogP contribution in [0.15, 0.2) is 46.9 Å². The van der Waals surface area contributed by atoms with Crippen LogP contribution in [0.5, 0.6) is 0 Å². The van der Waals surface area contributed by atoms with E-state index >= 15 is 0 Å². The summed E-state index contributed by atoms with van der Waals surface area (Å²) in [6.45, 7) is 0. The molecular formula is C13H13N7. The van der Waals surface area contributed by atoms with Gasteiger partial charge in [-0.25, -0.2) is 4.68 Å². The van der Waals surface area contributed by atoms with Crippen molar-refractivity contribution >= 4 is 33.8 Å². The van der Waals surface area contributed by atoms with Crippen molar-refractivity contribution in [1.82, 2.24) is 14.8 Å². The molecule has 20 heavy (non-hydrogen) atoms. The molecule has 0 bridgehead atoms. The molecule has 3 rings (SSSR count). The quantitative estimate of drug-likeness (QED) is 0.695. The highest BCUT2D eigenvalue weighted by molar-refractivity contribution is 5.91. The average molecular weight is 267 g/mol. The van der Waals surface area contributed by atoms with E-state index in [4.69, 9.17) is 11.5 Å². The second-order valence-electron chi connectivity index (χ2n) is 4.32. The fraction of sp³-hybridized carbons (Fsp3) is 0.0769. The molecule has 4 N–H and O–H groups in total. The molecule has 2 aromatic heterocycles. The molecule has 0 saturated carbocycles. The highest BCUT2D eigenvalue weighted by atomic mass is 15.3. The second kappa shape index (κ2) is 4.61. The molecule has 0 unspecified atom stereocenters. The van der Waals surface area contributed by atoms with E-state index in [2.05, 4.69) is 20.3 Å². The third-order valence-electron chi connectivity index (χ3n) is 3.01. The van der Waals surface area contributed by atoms with E-state index in [1.54, 1.807) is 19.4 Å². The van der Waals surface area contributed by atoms with Crippen LogP contribution in [0.25, 0.3) is 10.8 Å². The molecule has 0 spiro atoms. The van der Waals surface area contributed by atoms with Gasteiger partial charge in [-0.3, -0.25) is 4.98 Å². The van der Waals surface area contributed by atoms with E-state index < -0.39 is 0 Å². The molecule has 7 heteroatoms. The number of pyridine rings is 1. The Balaban J connectivity index is 2.07. The molecule has 0 amide bonds. The third-order valence-corrected chi connectivity index (χ3v) is 3.01. The minimum absolute atomic E-state index is 0.260. The summed E-state index contributed by atoms with van der Waals surface area (Å²) in [5.74, 6) is 0.642. The number of fused-ring (bicyclic) bond motifs is 1. The van der Waals surface area contributed by atoms with Gasteiger partial charge in [0.05, 0.1) is 5.69 Å². The highest BCUT2D eigenvalue weighted by Crippen LogP contribution is 2.32. The first-order valence-corrected chi connectivity index (χ1v) is 5.99. The van der Waals surface area contributed by atoms with Gasteiger partial charge < -0.3 is 11.5 Å². The number of nitrogens with two attached hydrogens (primary N) is 2. The number of aromatic nitrogens is 3. The Labute approximate surface area is 114 Å². The van der Waals surface area contributed by atoms with Gasteiger partial charge in [0.25, 0.3) is 0 Å². The maximum absolute atomic E-state index is 5.84. The minimum atomic E-state index is 0.260. The first kappa shape index (κ1) is 12.1. The van der Waals surface area contributed by atoms with Crippen molar-refractivity contribution in [2.75, 3.05) is 11.5 Å². The van der Waals surface area contributed by atoms with Crippen LogP contribution in [-0.2, 0) is 7.05 Å². The molecule has 0 radical (unpaired) electrons. The van der Waals surface area contributed by atoms with Crippen molar-refractivity contribution in [1.29, 1.82) is 0 Å². The maximum atomic E-state index is 5.84. The first-order chi connectivity index (χ1) is 9.66. The smallest absolute Gasteiger partial charge is 0.175 e. The molecular weight excluding hydrogens is 254 g/mol. The normalized spacial score (nSPS) is 11.4. The number of nitrogens with zero attached hydrogens (tertiary/aromatic N) is 5. The van der Waals surface area contributed by atoms with Gasteiger partial charge in [-0.2, -0.15) is 5.10 Å². The van der Waals surface area contributed by atoms with Crippen LogP contribution in [0.3, 0.4) is 0 Å². The molecule has 2 heterocycles. The van der Waals surface area contributed by atoms with Gasteiger partial charge in [0.15, 0.2) is 17.3 Å². The van der Waals surface area contributed by atoms with E-state index in [9.17, 15) is 0 Å². The Hall–Kier alpha value is -2.96. The van der Waals surface area contributed by atoms with E-state index in [0.29, 0.717) is 11.5 Å². The van der Waals surface area contributed by atoms with Crippen LogP contribution in [-0.4, -0.2) is 14.8 Å². The Bertz CT molecular complexity index is 798. The van der Waals surface area contributed by atoms with Crippen LogP contribution < -0.4 is 11.5 Å². The molecule has 100 valence electrons. The number of azo groups is 1. The summed E-state index contributed by atoms with van der Waals surface area (Å²) in [6.07, 6.45) is 3.50. The zero-order valence-electron chi connectivity index (χ0n) is 10.9. The maximum Gasteiger partial charge on any atom is 0.175 e. The number of nitrogen functional groups attached to an aromatic ring is 2. The fourth-order valence-electron chi connectivity index (χ4n) is 1.95. The van der Waals surface area contributed by atoms with E-state index in [1.807, 2.05) is 24.3 Å². The molecule has 0 atom stereocenters. The lowest BCUT2D eigenvalue weighted by Crippen LogP contribution is -1.97. The molecule has 0 aliphatic rings. The van der Waals surface area contributed by atoms with Gasteiger partial charge in [-0.15, -0.1) is 10.2 Å². The first-order valence-electron chi connectivity index (χ1n) is 5.99. The van der Waals surface area contributed by atoms with E-state index in [0.717, 1.165) is 16.5 Å². The number of aryl methyl sites for hydroxylation is 1. The van der Waals surface area contributed by atoms with E-state index in [-0.39, 0.29) is 5.82 Å². The lowest BCUT2D eigenvalue weighted by molar-refractivity contribution is 0.783. The molecule has 3 aromatic rings. The van der Waals surface area contributed by atoms with Crippen LogP contribution in [0, 0.1) is 0 Å². The lowest BCUT2D eigenvalue weighted by atomic mass is 10.1. The van der Waals surface area contributed by atoms with Crippen LogP contribution in [0.2, 0.25) is 0 Å². The van der Waals surface area contributed by atoms with Crippen molar-refractivity contribution in [2.24, 2.45) is 17.3 Å². The van der Waals surface area contributed by atoms with Crippen LogP contribution >= 0.6 is 0 Å². The topological polar surface area (TPSA) is 107 Å². The standard InChI is InChI=1S/C13H13N7/c1-20-13(15)11(12(14)19-20)18-17-10-4-2-3-8-7-16-6-5-9(8)10/h2-7H,15H2,1H3,(H2,14,19)/b18-17+. The SMILES string of the molecule is Cn1nc(N)c(/N=N/c2cccc3cnccc23)c1N. The molecule has 7 nitrogen and oxygen atoms in total. The number of hydrogen-bond donors (Lipinski definition) is 2. The Morgan fingerprint density at radius 2 is 2.00 bits per heavy atom. The lowest BCUT2D eigenvalue weighted by Gasteiger charge is -1.99. The van der Waals surface area contributed by atoms with E-state index in [1.165, 1.54) is 4.68 Å². The van der Waals surface area contributed by atoms with Gasteiger partial charge in [0, 0.05) is 30.2 Å². The number of anilines is 2. The van der Waals surface area contributed by atoms with Gasteiger partial charge in [-0.1, -0.05) is 12.1 Å². The average Bonchev–Trinajstić information content (AvgIpc) is 2.70. The Morgan fingerprint density at radius 3 is 2.75 bits per heavy atom. The summed E-state index contributed by atoms with van der Waals surface area (Å²) in [5, 5.41) is 14.3. The molecule has 0 fully saturated rings. The molecule has 1 aromatic carbocycles. The largest absolute Gasteiger partial charge is 0.382 e. The number of rotatable bonds is 2. The van der Waals surface area contributed by atoms with Crippen LogP contribution in [0.4, 0.5) is 23.0 Å². The van der Waals surface area contributed by atoms with Gasteiger partial charge in [-0.05, 0) is 12.1 Å². The van der Waals surface area contributed by atoms with Crippen molar-refractivity contribution in [3.05, 3.63) is 36.7 Å². The predicted molar refractivity (Wildman–Crippen MR) is 78.0 cm³/mol. The second-order valence-corrected chi connectivity index (χ2v) is 4.32. The monoisotopic (exact) mass is 267 g/mol. The van der Waals surface area contributed by atoms with Gasteiger partial charge >= 0.3 is 0 Å². The van der Waals surface area contributed by atoms with Crippen molar-refractivity contribution in [3.63, 3.8) is 0 Å². The zero-order valence-corrected chi connectivity index (χ0v) is 10.9. The van der Waals surface area contributed by atoms with Crippen molar-refractivity contribution < 1.29 is 0 Å². The van der Waals surface area contributed by atoms with Gasteiger partial charge in [0.2, 0.25) is 0 Å². The fourth-order valence-corrected chi connectivity index (χ4v) is 1.95. The Morgan fingerprint density at radius 1 is 1.15 bits per heavy atom. The zero-order chi connectivity index (χ0) is 14.1.